The van der Waals surface area contributed by atoms with Gasteiger partial charge in [0, 0.05) is 0 Å². The zero-order valence-corrected chi connectivity index (χ0v) is 9.49. The number of nitrogens with one attached hydrogen (secondary N) is 3. The van der Waals surface area contributed by atoms with Crippen LogP contribution in [0.25, 0.3) is 0 Å². The molecule has 2 amide bonds. The van der Waals surface area contributed by atoms with Gasteiger partial charge in [-0.25, -0.2) is 0 Å². The van der Waals surface area contributed by atoms with Gasteiger partial charge in [-0.2, -0.15) is 0 Å². The lowest BCUT2D eigenvalue weighted by atomic mass is 10.0. The van der Waals surface area contributed by atoms with Gasteiger partial charge >= 0.3 is 5.97 Å². The Morgan fingerprint density at radius 1 is 1.18 bits per heavy atom. The fourth-order valence-corrected chi connectivity index (χ4v) is 1.60. The molecule has 96 valence electrons. The number of rotatable bonds is 5. The largest absolute Gasteiger partial charge is 0.480 e. The fraction of sp³-hybridized carbons (Fsp3) is 0.700. The van der Waals surface area contributed by atoms with Gasteiger partial charge in [0.15, 0.2) is 0 Å². The van der Waals surface area contributed by atoms with Gasteiger partial charge in [-0.3, -0.25) is 14.4 Å². The Bertz CT molecular complexity index is 300. The summed E-state index contributed by atoms with van der Waals surface area (Å²) < 4.78 is 0. The summed E-state index contributed by atoms with van der Waals surface area (Å²) in [4.78, 5) is 32.9. The van der Waals surface area contributed by atoms with E-state index in [0.717, 1.165) is 25.8 Å². The van der Waals surface area contributed by atoms with E-state index in [2.05, 4.69) is 16.0 Å². The average Bonchev–Trinajstić information content (AvgIpc) is 2.34. The normalized spacial score (nSPS) is 19.4. The van der Waals surface area contributed by atoms with Crippen molar-refractivity contribution in [3.63, 3.8) is 0 Å². The molecule has 4 N–H and O–H groups in total. The summed E-state index contributed by atoms with van der Waals surface area (Å²) in [7, 11) is 0. The van der Waals surface area contributed by atoms with Crippen molar-refractivity contribution in [2.24, 2.45) is 0 Å². The zero-order valence-electron chi connectivity index (χ0n) is 9.49. The van der Waals surface area contributed by atoms with Gasteiger partial charge in [-0.15, -0.1) is 0 Å². The first kappa shape index (κ1) is 13.4. The topological polar surface area (TPSA) is 108 Å². The van der Waals surface area contributed by atoms with E-state index >= 15 is 0 Å². The SMILES string of the molecule is O=C(O)CNC(=O)CNC(=O)[C@@H]1CCCCN1. The molecule has 0 bridgehead atoms. The summed E-state index contributed by atoms with van der Waals surface area (Å²) >= 11 is 0. The van der Waals surface area contributed by atoms with Crippen LogP contribution in [-0.4, -0.2) is 48.6 Å². The molecule has 17 heavy (non-hydrogen) atoms. The molecule has 1 aliphatic heterocycles. The van der Waals surface area contributed by atoms with Gasteiger partial charge in [0.1, 0.15) is 6.54 Å². The van der Waals surface area contributed by atoms with Crippen molar-refractivity contribution in [1.29, 1.82) is 0 Å². The molecular formula is C10H17N3O4. The Hall–Kier alpha value is -1.63. The van der Waals surface area contributed by atoms with Crippen LogP contribution in [0.4, 0.5) is 0 Å². The summed E-state index contributed by atoms with van der Waals surface area (Å²) in [6.45, 7) is 0.184. The molecule has 1 fully saturated rings. The lowest BCUT2D eigenvalue weighted by molar-refractivity contribution is -0.137. The molecule has 1 atom stereocenters. The molecule has 1 rings (SSSR count). The van der Waals surface area contributed by atoms with Crippen molar-refractivity contribution in [3.8, 4) is 0 Å². The minimum absolute atomic E-state index is 0.190. The van der Waals surface area contributed by atoms with E-state index in [-0.39, 0.29) is 18.5 Å². The Kier molecular flexibility index (Phi) is 5.41. The maximum Gasteiger partial charge on any atom is 0.322 e. The number of hydrogen-bond donors (Lipinski definition) is 4. The third-order valence-corrected chi connectivity index (χ3v) is 2.49. The van der Waals surface area contributed by atoms with Crippen LogP contribution in [0.2, 0.25) is 0 Å². The van der Waals surface area contributed by atoms with Gasteiger partial charge in [-0.05, 0) is 19.4 Å². The lowest BCUT2D eigenvalue weighted by Gasteiger charge is -2.22. The highest BCUT2D eigenvalue weighted by molar-refractivity contribution is 5.88. The number of amides is 2. The highest BCUT2D eigenvalue weighted by Crippen LogP contribution is 2.06. The van der Waals surface area contributed by atoms with E-state index in [1.807, 2.05) is 0 Å². The molecule has 0 saturated carbocycles. The predicted octanol–water partition coefficient (Wildman–Crippen LogP) is -1.55. The average molecular weight is 243 g/mol. The molecule has 1 saturated heterocycles. The van der Waals surface area contributed by atoms with E-state index < -0.39 is 18.4 Å². The van der Waals surface area contributed by atoms with Crippen LogP contribution in [0, 0.1) is 0 Å². The van der Waals surface area contributed by atoms with Crippen LogP contribution >= 0.6 is 0 Å². The van der Waals surface area contributed by atoms with E-state index in [0.29, 0.717) is 0 Å². The van der Waals surface area contributed by atoms with Crippen LogP contribution < -0.4 is 16.0 Å². The van der Waals surface area contributed by atoms with Crippen molar-refractivity contribution in [3.05, 3.63) is 0 Å². The monoisotopic (exact) mass is 243 g/mol. The molecule has 0 radical (unpaired) electrons. The fourth-order valence-electron chi connectivity index (χ4n) is 1.60. The summed E-state index contributed by atoms with van der Waals surface area (Å²) in [5.41, 5.74) is 0. The van der Waals surface area contributed by atoms with Gasteiger partial charge in [-0.1, -0.05) is 6.42 Å². The van der Waals surface area contributed by atoms with Crippen molar-refractivity contribution < 1.29 is 19.5 Å². The molecule has 7 heteroatoms. The maximum absolute atomic E-state index is 11.6. The molecule has 1 aliphatic rings. The molecule has 0 aromatic rings. The van der Waals surface area contributed by atoms with Gasteiger partial charge in [0.05, 0.1) is 12.6 Å². The smallest absolute Gasteiger partial charge is 0.322 e. The van der Waals surface area contributed by atoms with Crippen LogP contribution in [0.3, 0.4) is 0 Å². The second-order valence-electron chi connectivity index (χ2n) is 3.89. The zero-order chi connectivity index (χ0) is 12.7. The molecule has 0 aromatic heterocycles. The standard InChI is InChI=1S/C10H17N3O4/c14-8(12-6-9(15)16)5-13-10(17)7-3-1-2-4-11-7/h7,11H,1-6H2,(H,12,14)(H,13,17)(H,15,16)/t7-/m0/s1. The highest BCUT2D eigenvalue weighted by Gasteiger charge is 2.20. The second kappa shape index (κ2) is 6.85. The summed E-state index contributed by atoms with van der Waals surface area (Å²) in [5.74, 6) is -1.83. The Labute approximate surface area is 98.9 Å². The number of hydrogen-bond acceptors (Lipinski definition) is 4. The van der Waals surface area contributed by atoms with Gasteiger partial charge in [0.25, 0.3) is 0 Å². The molecule has 0 spiro atoms. The molecule has 1 heterocycles. The first-order chi connectivity index (χ1) is 8.09. The summed E-state index contributed by atoms with van der Waals surface area (Å²) in [5, 5.41) is 16.0. The van der Waals surface area contributed by atoms with Crippen molar-refractivity contribution in [1.82, 2.24) is 16.0 Å². The summed E-state index contributed by atoms with van der Waals surface area (Å²) in [6.07, 6.45) is 2.82. The van der Waals surface area contributed by atoms with Crippen LogP contribution in [0.5, 0.6) is 0 Å². The maximum atomic E-state index is 11.6. The number of carbonyl (C=O) groups is 3. The van der Waals surface area contributed by atoms with E-state index in [9.17, 15) is 14.4 Å². The second-order valence-corrected chi connectivity index (χ2v) is 3.89. The lowest BCUT2D eigenvalue weighted by Crippen LogP contribution is -2.49. The minimum atomic E-state index is -1.11. The van der Waals surface area contributed by atoms with E-state index in [1.54, 1.807) is 0 Å². The molecular weight excluding hydrogens is 226 g/mol. The Balaban J connectivity index is 2.18. The number of carboxylic acids is 1. The first-order valence-electron chi connectivity index (χ1n) is 5.59. The van der Waals surface area contributed by atoms with Crippen LogP contribution in [0.15, 0.2) is 0 Å². The predicted molar refractivity (Wildman–Crippen MR) is 59.3 cm³/mol. The molecule has 0 unspecified atom stereocenters. The van der Waals surface area contributed by atoms with Crippen molar-refractivity contribution in [2.75, 3.05) is 19.6 Å². The number of carboxylic acid groups (broad SMARTS) is 1. The van der Waals surface area contributed by atoms with E-state index in [1.165, 1.54) is 0 Å². The Morgan fingerprint density at radius 3 is 2.53 bits per heavy atom. The third kappa shape index (κ3) is 5.30. The number of carbonyl (C=O) groups excluding carboxylic acids is 2. The third-order valence-electron chi connectivity index (χ3n) is 2.49. The van der Waals surface area contributed by atoms with Crippen LogP contribution in [0.1, 0.15) is 19.3 Å². The van der Waals surface area contributed by atoms with Gasteiger partial charge in [0.2, 0.25) is 11.8 Å². The molecule has 0 aromatic carbocycles. The van der Waals surface area contributed by atoms with Gasteiger partial charge < -0.3 is 21.1 Å². The number of aliphatic carboxylic acids is 1. The minimum Gasteiger partial charge on any atom is -0.480 e. The quantitative estimate of drug-likeness (QED) is 0.467. The molecule has 0 aliphatic carbocycles. The first-order valence-corrected chi connectivity index (χ1v) is 5.59. The van der Waals surface area contributed by atoms with Crippen LogP contribution in [-0.2, 0) is 14.4 Å². The van der Waals surface area contributed by atoms with E-state index in [4.69, 9.17) is 5.11 Å². The van der Waals surface area contributed by atoms with Crippen molar-refractivity contribution in [2.45, 2.75) is 25.3 Å². The molecule has 7 nitrogen and oxygen atoms in total. The highest BCUT2D eigenvalue weighted by atomic mass is 16.4. The summed E-state index contributed by atoms with van der Waals surface area (Å²) in [6, 6.07) is -0.240. The van der Waals surface area contributed by atoms with Crippen molar-refractivity contribution >= 4 is 17.8 Å². The Morgan fingerprint density at radius 2 is 1.94 bits per heavy atom. The number of piperidine rings is 1.